The Hall–Kier alpha value is -4.21. The fourth-order valence-electron chi connectivity index (χ4n) is 6.74. The van der Waals surface area contributed by atoms with Crippen molar-refractivity contribution in [1.29, 1.82) is 0 Å². The van der Waals surface area contributed by atoms with Gasteiger partial charge in [-0.15, -0.1) is 0 Å². The number of aromatic nitrogens is 1. The molecule has 0 spiro atoms. The number of anilines is 1. The lowest BCUT2D eigenvalue weighted by Gasteiger charge is -2.42. The second-order valence-corrected chi connectivity index (χ2v) is 12.4. The molecule has 0 radical (unpaired) electrons. The highest BCUT2D eigenvalue weighted by molar-refractivity contribution is 6.35. The van der Waals surface area contributed by atoms with Gasteiger partial charge in [0.15, 0.2) is 0 Å². The summed E-state index contributed by atoms with van der Waals surface area (Å²) in [5.74, 6) is -0.403. The number of hydrogen-bond donors (Lipinski definition) is 3. The molecule has 9 nitrogen and oxygen atoms in total. The van der Waals surface area contributed by atoms with Gasteiger partial charge in [-0.1, -0.05) is 30.3 Å². The van der Waals surface area contributed by atoms with Gasteiger partial charge in [0.2, 0.25) is 0 Å². The van der Waals surface area contributed by atoms with E-state index in [2.05, 4.69) is 32.5 Å². The number of hydrogen-bond acceptors (Lipinski definition) is 5. The highest BCUT2D eigenvalue weighted by Gasteiger charge is 2.31. The zero-order valence-corrected chi connectivity index (χ0v) is 26.1. The third-order valence-electron chi connectivity index (χ3n) is 9.50. The molecule has 9 heteroatoms. The molecule has 2 aromatic carbocycles. The monoisotopic (exact) mass is 594 g/mol. The number of likely N-dealkylation sites (tertiary alicyclic amines) is 1. The number of benzene rings is 2. The van der Waals surface area contributed by atoms with E-state index in [9.17, 15) is 14.4 Å². The lowest BCUT2D eigenvalue weighted by Crippen LogP contribution is -2.53. The number of fused-ring (bicyclic) bond motifs is 1. The molecule has 0 aliphatic carbocycles. The zero-order chi connectivity index (χ0) is 31.0. The molecule has 6 rings (SSSR count). The molecule has 3 aromatic rings. The van der Waals surface area contributed by atoms with Crippen LogP contribution in [0.1, 0.15) is 74.6 Å². The molecule has 3 N–H and O–H groups in total. The molecular weight excluding hydrogens is 552 g/mol. The molecule has 44 heavy (non-hydrogen) atoms. The Balaban J connectivity index is 1.18. The molecule has 4 heterocycles. The van der Waals surface area contributed by atoms with Crippen LogP contribution in [-0.4, -0.2) is 89.8 Å². The minimum Gasteiger partial charge on any atom is -0.358 e. The van der Waals surface area contributed by atoms with Gasteiger partial charge in [0.05, 0.1) is 17.2 Å². The molecule has 2 fully saturated rings. The van der Waals surface area contributed by atoms with Crippen molar-refractivity contribution in [2.24, 2.45) is 0 Å². The Kier molecular flexibility index (Phi) is 8.42. The molecule has 0 bridgehead atoms. The van der Waals surface area contributed by atoms with E-state index in [1.54, 1.807) is 24.3 Å². The van der Waals surface area contributed by atoms with Crippen LogP contribution in [0.2, 0.25) is 0 Å². The molecule has 2 saturated heterocycles. The number of piperidine rings is 1. The number of aryl methyl sites for hydroxylation is 1. The van der Waals surface area contributed by atoms with E-state index in [0.29, 0.717) is 34.0 Å². The third kappa shape index (κ3) is 5.94. The summed E-state index contributed by atoms with van der Waals surface area (Å²) in [6.07, 6.45) is 3.78. The number of aromatic amines is 1. The van der Waals surface area contributed by atoms with Gasteiger partial charge < -0.3 is 25.4 Å². The van der Waals surface area contributed by atoms with E-state index >= 15 is 0 Å². The van der Waals surface area contributed by atoms with Crippen LogP contribution in [-0.2, 0) is 4.79 Å². The van der Waals surface area contributed by atoms with Gasteiger partial charge in [-0.2, -0.15) is 0 Å². The second kappa shape index (κ2) is 12.4. The number of nitrogens with zero attached hydrogens (tertiary/aromatic N) is 3. The van der Waals surface area contributed by atoms with Gasteiger partial charge in [0.1, 0.15) is 0 Å². The van der Waals surface area contributed by atoms with E-state index < -0.39 is 0 Å². The van der Waals surface area contributed by atoms with E-state index in [1.807, 2.05) is 56.0 Å². The number of likely N-dealkylation sites (N-methyl/N-ethyl adjacent to an activating group) is 1. The lowest BCUT2D eigenvalue weighted by atomic mass is 9.99. The summed E-state index contributed by atoms with van der Waals surface area (Å²) >= 11 is 0. The summed E-state index contributed by atoms with van der Waals surface area (Å²) in [4.78, 5) is 50.2. The van der Waals surface area contributed by atoms with E-state index in [4.69, 9.17) is 0 Å². The summed E-state index contributed by atoms with van der Waals surface area (Å²) < 4.78 is 0. The highest BCUT2D eigenvalue weighted by Crippen LogP contribution is 2.35. The largest absolute Gasteiger partial charge is 0.358 e. The topological polar surface area (TPSA) is 101 Å². The van der Waals surface area contributed by atoms with Crippen LogP contribution in [0.3, 0.4) is 0 Å². The van der Waals surface area contributed by atoms with Crippen molar-refractivity contribution in [3.63, 3.8) is 0 Å². The number of nitrogens with one attached hydrogen (secondary N) is 3. The van der Waals surface area contributed by atoms with Crippen molar-refractivity contribution in [1.82, 2.24) is 25.0 Å². The first kappa shape index (κ1) is 29.8. The second-order valence-electron chi connectivity index (χ2n) is 12.4. The summed E-state index contributed by atoms with van der Waals surface area (Å²) in [5.41, 5.74) is 6.30. The maximum atomic E-state index is 13.7. The van der Waals surface area contributed by atoms with Gasteiger partial charge in [0, 0.05) is 73.5 Å². The van der Waals surface area contributed by atoms with Crippen molar-refractivity contribution in [2.75, 3.05) is 51.6 Å². The Labute approximate surface area is 259 Å². The van der Waals surface area contributed by atoms with Crippen LogP contribution in [0.4, 0.5) is 5.69 Å². The van der Waals surface area contributed by atoms with Crippen molar-refractivity contribution >= 4 is 35.1 Å². The van der Waals surface area contributed by atoms with Gasteiger partial charge in [-0.05, 0) is 76.1 Å². The number of rotatable bonds is 6. The zero-order valence-electron chi connectivity index (χ0n) is 26.1. The Morgan fingerprint density at radius 1 is 0.977 bits per heavy atom. The van der Waals surface area contributed by atoms with Gasteiger partial charge in [-0.25, -0.2) is 0 Å². The summed E-state index contributed by atoms with van der Waals surface area (Å²) in [5, 5.41) is 5.96. The van der Waals surface area contributed by atoms with Crippen LogP contribution in [0, 0.1) is 13.8 Å². The molecule has 0 unspecified atom stereocenters. The standard InChI is InChI=1S/C35H42N6O3/c1-22-31(36-24(3)32(22)35(44)41-14-12-27(13-15-41)40-18-16-39(4)17-19-40)21-29-28-20-26(10-11-30(28)38-34(29)43)33(42)37-23(2)25-8-6-5-7-9-25/h5-11,20-21,23,27,36H,12-19H2,1-4H3,(H,37,42)(H,38,43)/b29-21-/t23-/m1/s1. The number of piperazine rings is 1. The molecule has 1 atom stereocenters. The van der Waals surface area contributed by atoms with Crippen molar-refractivity contribution in [2.45, 2.75) is 45.7 Å². The molecule has 0 saturated carbocycles. The quantitative estimate of drug-likeness (QED) is 0.366. The molecule has 230 valence electrons. The Bertz CT molecular complexity index is 1590. The first-order valence-corrected chi connectivity index (χ1v) is 15.6. The lowest BCUT2D eigenvalue weighted by molar-refractivity contribution is -0.110. The van der Waals surface area contributed by atoms with Crippen LogP contribution >= 0.6 is 0 Å². The number of H-pyrrole nitrogens is 1. The SMILES string of the molecule is Cc1[nH]c(/C=C2\C(=O)Nc3ccc(C(=O)N[C@H](C)c4ccccc4)cc32)c(C)c1C(=O)N1CCC(N2CCN(C)CC2)CC1. The predicted octanol–water partition coefficient (Wildman–Crippen LogP) is 4.47. The van der Waals surface area contributed by atoms with E-state index in [1.165, 1.54) is 0 Å². The number of amides is 3. The highest BCUT2D eigenvalue weighted by atomic mass is 16.2. The Morgan fingerprint density at radius 3 is 2.39 bits per heavy atom. The van der Waals surface area contributed by atoms with Crippen molar-refractivity contribution in [3.05, 3.63) is 87.7 Å². The first-order valence-electron chi connectivity index (χ1n) is 15.6. The fraction of sp³-hybridized carbons (Fsp3) is 0.400. The maximum Gasteiger partial charge on any atom is 0.256 e. The predicted molar refractivity (Wildman–Crippen MR) is 174 cm³/mol. The normalized spacial score (nSPS) is 19.6. The van der Waals surface area contributed by atoms with Gasteiger partial charge >= 0.3 is 0 Å². The fourth-order valence-corrected chi connectivity index (χ4v) is 6.74. The van der Waals surface area contributed by atoms with Gasteiger partial charge in [0.25, 0.3) is 17.7 Å². The summed E-state index contributed by atoms with van der Waals surface area (Å²) in [6, 6.07) is 15.4. The number of carbonyl (C=O) groups is 3. The van der Waals surface area contributed by atoms with Crippen LogP contribution in [0.5, 0.6) is 0 Å². The summed E-state index contributed by atoms with van der Waals surface area (Å²) in [7, 11) is 2.17. The molecule has 1 aromatic heterocycles. The maximum absolute atomic E-state index is 13.7. The van der Waals surface area contributed by atoms with E-state index in [0.717, 1.165) is 74.6 Å². The summed E-state index contributed by atoms with van der Waals surface area (Å²) in [6.45, 7) is 11.7. The molecular formula is C35H42N6O3. The van der Waals surface area contributed by atoms with Crippen LogP contribution < -0.4 is 10.6 Å². The average molecular weight is 595 g/mol. The van der Waals surface area contributed by atoms with Crippen LogP contribution in [0.15, 0.2) is 48.5 Å². The van der Waals surface area contributed by atoms with Crippen LogP contribution in [0.25, 0.3) is 11.6 Å². The minimum atomic E-state index is -0.235. The molecule has 3 aliphatic heterocycles. The third-order valence-corrected chi connectivity index (χ3v) is 9.50. The molecule has 3 amide bonds. The van der Waals surface area contributed by atoms with Gasteiger partial charge in [-0.3, -0.25) is 19.3 Å². The average Bonchev–Trinajstić information content (AvgIpc) is 3.50. The van der Waals surface area contributed by atoms with E-state index in [-0.39, 0.29) is 23.8 Å². The van der Waals surface area contributed by atoms with Crippen molar-refractivity contribution < 1.29 is 14.4 Å². The smallest absolute Gasteiger partial charge is 0.256 e. The first-order chi connectivity index (χ1) is 21.2. The Morgan fingerprint density at radius 2 is 1.68 bits per heavy atom. The number of carbonyl (C=O) groups excluding carboxylic acids is 3. The minimum absolute atomic E-state index is 0.0421. The van der Waals surface area contributed by atoms with Crippen molar-refractivity contribution in [3.8, 4) is 0 Å². The molecule has 3 aliphatic rings.